The number of rotatable bonds is 5. The van der Waals surface area contributed by atoms with Crippen molar-refractivity contribution < 1.29 is 4.79 Å². The van der Waals surface area contributed by atoms with Crippen LogP contribution < -0.4 is 5.32 Å². The molecule has 0 radical (unpaired) electrons. The summed E-state index contributed by atoms with van der Waals surface area (Å²) in [5, 5.41) is 3.03. The summed E-state index contributed by atoms with van der Waals surface area (Å²) in [6.07, 6.45) is 2.41. The fourth-order valence-corrected chi connectivity index (χ4v) is 2.20. The zero-order chi connectivity index (χ0) is 12.3. The normalized spacial score (nSPS) is 18.5. The van der Waals surface area contributed by atoms with Crippen molar-refractivity contribution in [3.05, 3.63) is 35.9 Å². The molecule has 1 aliphatic carbocycles. The number of alkyl halides is 1. The first-order chi connectivity index (χ1) is 8.18. The van der Waals surface area contributed by atoms with Crippen molar-refractivity contribution in [3.8, 4) is 0 Å². The van der Waals surface area contributed by atoms with Gasteiger partial charge < -0.3 is 5.32 Å². The second-order valence-corrected chi connectivity index (χ2v) is 5.29. The molecule has 2 nitrogen and oxygen atoms in total. The minimum Gasteiger partial charge on any atom is -0.354 e. The molecule has 2 atom stereocenters. The molecule has 2 rings (SSSR count). The van der Waals surface area contributed by atoms with E-state index in [1.54, 1.807) is 0 Å². The smallest absolute Gasteiger partial charge is 0.227 e. The van der Waals surface area contributed by atoms with E-state index in [1.165, 1.54) is 12.8 Å². The number of nitrogens with one attached hydrogen (secondary N) is 1. The van der Waals surface area contributed by atoms with Gasteiger partial charge in [0.15, 0.2) is 0 Å². The quantitative estimate of drug-likeness (QED) is 0.801. The van der Waals surface area contributed by atoms with Crippen LogP contribution in [0.4, 0.5) is 0 Å². The standard InChI is InChI=1S/C14H18ClNO/c1-10(11-5-3-2-4-6-11)14(17)16-9-13(15)12-7-8-12/h2-6,10,12-13H,7-9H2,1H3,(H,16,17). The molecule has 0 heterocycles. The van der Waals surface area contributed by atoms with Crippen molar-refractivity contribution in [1.82, 2.24) is 5.32 Å². The number of hydrogen-bond donors (Lipinski definition) is 1. The van der Waals surface area contributed by atoms with E-state index in [2.05, 4.69) is 5.32 Å². The minimum atomic E-state index is -0.112. The summed E-state index contributed by atoms with van der Waals surface area (Å²) in [6, 6.07) is 9.81. The molecule has 3 heteroatoms. The van der Waals surface area contributed by atoms with E-state index < -0.39 is 0 Å². The Labute approximate surface area is 107 Å². The Hall–Kier alpha value is -1.02. The van der Waals surface area contributed by atoms with Gasteiger partial charge in [0.2, 0.25) is 5.91 Å². The molecule has 0 bridgehead atoms. The maximum atomic E-state index is 11.9. The van der Waals surface area contributed by atoms with Gasteiger partial charge in [-0.2, -0.15) is 0 Å². The zero-order valence-electron chi connectivity index (χ0n) is 10.0. The Morgan fingerprint density at radius 1 is 1.41 bits per heavy atom. The van der Waals surface area contributed by atoms with Crippen LogP contribution in [0.3, 0.4) is 0 Å². The van der Waals surface area contributed by atoms with Crippen LogP contribution in [0, 0.1) is 5.92 Å². The highest BCUT2D eigenvalue weighted by Gasteiger charge is 2.30. The molecule has 0 spiro atoms. The molecule has 1 fully saturated rings. The maximum Gasteiger partial charge on any atom is 0.227 e. The van der Waals surface area contributed by atoms with E-state index in [9.17, 15) is 4.79 Å². The van der Waals surface area contributed by atoms with Crippen molar-refractivity contribution in [1.29, 1.82) is 0 Å². The molecule has 1 aromatic rings. The molecule has 1 saturated carbocycles. The SMILES string of the molecule is CC(C(=O)NCC(Cl)C1CC1)c1ccccc1. The molecule has 2 unspecified atom stereocenters. The van der Waals surface area contributed by atoms with E-state index in [4.69, 9.17) is 11.6 Å². The molecule has 17 heavy (non-hydrogen) atoms. The molecular formula is C14H18ClNO. The van der Waals surface area contributed by atoms with Gasteiger partial charge in [-0.25, -0.2) is 0 Å². The number of amides is 1. The Kier molecular flexibility index (Phi) is 4.06. The summed E-state index contributed by atoms with van der Waals surface area (Å²) >= 11 is 6.16. The van der Waals surface area contributed by atoms with Crippen LogP contribution >= 0.6 is 11.6 Å². The highest BCUT2D eigenvalue weighted by Crippen LogP contribution is 2.35. The van der Waals surface area contributed by atoms with Crippen LogP contribution in [-0.4, -0.2) is 17.8 Å². The topological polar surface area (TPSA) is 29.1 Å². The third kappa shape index (κ3) is 3.47. The highest BCUT2D eigenvalue weighted by molar-refractivity contribution is 6.21. The van der Waals surface area contributed by atoms with E-state index in [-0.39, 0.29) is 17.2 Å². The molecule has 0 aromatic heterocycles. The second-order valence-electron chi connectivity index (χ2n) is 4.73. The lowest BCUT2D eigenvalue weighted by Gasteiger charge is -2.14. The van der Waals surface area contributed by atoms with Gasteiger partial charge in [-0.1, -0.05) is 30.3 Å². The van der Waals surface area contributed by atoms with E-state index in [1.807, 2.05) is 37.3 Å². The largest absolute Gasteiger partial charge is 0.354 e. The van der Waals surface area contributed by atoms with Gasteiger partial charge in [-0.15, -0.1) is 11.6 Å². The van der Waals surface area contributed by atoms with Crippen LogP contribution in [0.1, 0.15) is 31.2 Å². The molecular weight excluding hydrogens is 234 g/mol. The third-order valence-electron chi connectivity index (χ3n) is 3.30. The average molecular weight is 252 g/mol. The van der Waals surface area contributed by atoms with Crippen LogP contribution in [0.25, 0.3) is 0 Å². The fourth-order valence-electron chi connectivity index (χ4n) is 1.87. The Morgan fingerprint density at radius 3 is 2.65 bits per heavy atom. The number of hydrogen-bond acceptors (Lipinski definition) is 1. The van der Waals surface area contributed by atoms with Crippen LogP contribution in [-0.2, 0) is 4.79 Å². The lowest BCUT2D eigenvalue weighted by molar-refractivity contribution is -0.122. The molecule has 92 valence electrons. The van der Waals surface area contributed by atoms with E-state index >= 15 is 0 Å². The number of halogens is 1. The third-order valence-corrected chi connectivity index (χ3v) is 3.81. The van der Waals surface area contributed by atoms with Gasteiger partial charge in [-0.05, 0) is 31.2 Å². The lowest BCUT2D eigenvalue weighted by atomic mass is 10.0. The number of carbonyl (C=O) groups is 1. The summed E-state index contributed by atoms with van der Waals surface area (Å²) in [5.41, 5.74) is 1.04. The van der Waals surface area contributed by atoms with Gasteiger partial charge in [-0.3, -0.25) is 4.79 Å². The Morgan fingerprint density at radius 2 is 2.06 bits per heavy atom. The Balaban J connectivity index is 1.82. The van der Waals surface area contributed by atoms with Gasteiger partial charge >= 0.3 is 0 Å². The number of benzene rings is 1. The molecule has 0 saturated heterocycles. The molecule has 1 aliphatic rings. The first-order valence-electron chi connectivity index (χ1n) is 6.15. The van der Waals surface area contributed by atoms with Gasteiger partial charge in [0.05, 0.1) is 11.3 Å². The van der Waals surface area contributed by atoms with E-state index in [0.29, 0.717) is 12.5 Å². The molecule has 0 aliphatic heterocycles. The summed E-state index contributed by atoms with van der Waals surface area (Å²) in [6.45, 7) is 2.51. The van der Waals surface area contributed by atoms with Crippen molar-refractivity contribution >= 4 is 17.5 Å². The van der Waals surface area contributed by atoms with Crippen LogP contribution in [0.2, 0.25) is 0 Å². The summed E-state index contributed by atoms with van der Waals surface area (Å²) in [5.74, 6) is 0.561. The minimum absolute atomic E-state index is 0.0579. The average Bonchev–Trinajstić information content (AvgIpc) is 3.20. The second kappa shape index (κ2) is 5.54. The van der Waals surface area contributed by atoms with Gasteiger partial charge in [0.1, 0.15) is 0 Å². The number of carbonyl (C=O) groups excluding carboxylic acids is 1. The fraction of sp³-hybridized carbons (Fsp3) is 0.500. The van der Waals surface area contributed by atoms with Crippen LogP contribution in [0.15, 0.2) is 30.3 Å². The zero-order valence-corrected chi connectivity index (χ0v) is 10.8. The first-order valence-corrected chi connectivity index (χ1v) is 6.59. The predicted molar refractivity (Wildman–Crippen MR) is 70.2 cm³/mol. The first kappa shape index (κ1) is 12.4. The van der Waals surface area contributed by atoms with Crippen molar-refractivity contribution in [2.45, 2.75) is 31.1 Å². The summed E-state index contributed by atoms with van der Waals surface area (Å²) < 4.78 is 0. The molecule has 1 aromatic carbocycles. The maximum absolute atomic E-state index is 11.9. The van der Waals surface area contributed by atoms with E-state index in [0.717, 1.165) is 5.56 Å². The molecule has 1 amide bonds. The van der Waals surface area contributed by atoms with Gasteiger partial charge in [0.25, 0.3) is 0 Å². The van der Waals surface area contributed by atoms with Crippen LogP contribution in [0.5, 0.6) is 0 Å². The van der Waals surface area contributed by atoms with Crippen molar-refractivity contribution in [2.75, 3.05) is 6.54 Å². The summed E-state index contributed by atoms with van der Waals surface area (Å²) in [4.78, 5) is 11.9. The molecule has 1 N–H and O–H groups in total. The summed E-state index contributed by atoms with van der Waals surface area (Å²) in [7, 11) is 0. The Bertz CT molecular complexity index is 375. The predicted octanol–water partition coefficient (Wildman–Crippen LogP) is 2.92. The van der Waals surface area contributed by atoms with Crippen molar-refractivity contribution in [3.63, 3.8) is 0 Å². The monoisotopic (exact) mass is 251 g/mol. The van der Waals surface area contributed by atoms with Gasteiger partial charge in [0, 0.05) is 6.54 Å². The highest BCUT2D eigenvalue weighted by atomic mass is 35.5. The lowest BCUT2D eigenvalue weighted by Crippen LogP contribution is -2.33. The van der Waals surface area contributed by atoms with Crippen molar-refractivity contribution in [2.24, 2.45) is 5.92 Å².